The molecule has 10 nitrogen and oxygen atoms in total. The molecule has 0 spiro atoms. The third-order valence-corrected chi connectivity index (χ3v) is 4.99. The minimum absolute atomic E-state index is 0.167. The second-order valence-corrected chi connectivity index (χ2v) is 7.07. The van der Waals surface area contributed by atoms with Gasteiger partial charge in [0.2, 0.25) is 0 Å². The van der Waals surface area contributed by atoms with E-state index in [2.05, 4.69) is 9.82 Å². The van der Waals surface area contributed by atoms with Crippen molar-refractivity contribution >= 4 is 32.9 Å². The molecule has 2 heterocycles. The Hall–Kier alpha value is -3.47. The number of aromatic nitrogens is 2. The van der Waals surface area contributed by atoms with E-state index in [0.29, 0.717) is 5.52 Å². The molecule has 1 N–H and O–H groups in total. The number of carbonyl (C=O) groups excluding carboxylic acids is 1. The van der Waals surface area contributed by atoms with Crippen molar-refractivity contribution in [1.82, 2.24) is 9.61 Å². The van der Waals surface area contributed by atoms with Crippen LogP contribution in [0.3, 0.4) is 0 Å². The number of hydrogen-bond acceptors (Lipinski definition) is 7. The third kappa shape index (κ3) is 3.72. The quantitative estimate of drug-likeness (QED) is 0.387. The zero-order valence-corrected chi connectivity index (χ0v) is 14.8. The molecule has 0 saturated carbocycles. The molecule has 2 aromatic heterocycles. The number of sulfonamides is 1. The van der Waals surface area contributed by atoms with Gasteiger partial charge in [-0.2, -0.15) is 5.10 Å². The molecule has 0 aliphatic heterocycles. The fourth-order valence-corrected chi connectivity index (χ4v) is 3.48. The van der Waals surface area contributed by atoms with Gasteiger partial charge in [-0.15, -0.1) is 0 Å². The van der Waals surface area contributed by atoms with Crippen molar-refractivity contribution in [2.24, 2.45) is 0 Å². The number of nitrogens with zero attached hydrogens (tertiary/aromatic N) is 3. The lowest BCUT2D eigenvalue weighted by atomic mass is 10.2. The minimum atomic E-state index is -4.06. The molecule has 11 heteroatoms. The van der Waals surface area contributed by atoms with Crippen molar-refractivity contribution in [1.29, 1.82) is 0 Å². The summed E-state index contributed by atoms with van der Waals surface area (Å²) >= 11 is 0. The van der Waals surface area contributed by atoms with Crippen LogP contribution < -0.4 is 4.72 Å². The van der Waals surface area contributed by atoms with Gasteiger partial charge < -0.3 is 4.74 Å². The first-order valence-corrected chi connectivity index (χ1v) is 9.22. The molecule has 1 aromatic carbocycles. The number of nitrogens with one attached hydrogen (secondary N) is 1. The van der Waals surface area contributed by atoms with Gasteiger partial charge in [-0.05, 0) is 25.1 Å². The Labute approximate surface area is 153 Å². The van der Waals surface area contributed by atoms with E-state index >= 15 is 0 Å². The molecule has 0 bridgehead atoms. The molecule has 0 saturated heterocycles. The molecule has 0 aliphatic carbocycles. The molecule has 3 rings (SSSR count). The highest BCUT2D eigenvalue weighted by Gasteiger charge is 2.19. The SMILES string of the molecule is CCOC(=O)c1cnn2ccc(NS(=O)(=O)c3cccc([N+](=O)[O-])c3)cc12. The van der Waals surface area contributed by atoms with Crippen LogP contribution in [0.4, 0.5) is 11.4 Å². The Kier molecular flexibility index (Phi) is 4.77. The maximum Gasteiger partial charge on any atom is 0.341 e. The van der Waals surface area contributed by atoms with E-state index in [9.17, 15) is 23.3 Å². The number of anilines is 1. The Bertz CT molecular complexity index is 1140. The highest BCUT2D eigenvalue weighted by molar-refractivity contribution is 7.92. The zero-order chi connectivity index (χ0) is 19.6. The number of fused-ring (bicyclic) bond motifs is 1. The van der Waals surface area contributed by atoms with E-state index in [1.807, 2.05) is 0 Å². The predicted molar refractivity (Wildman–Crippen MR) is 95.1 cm³/mol. The lowest BCUT2D eigenvalue weighted by Gasteiger charge is -2.09. The molecule has 0 aliphatic rings. The summed E-state index contributed by atoms with van der Waals surface area (Å²) in [4.78, 5) is 21.9. The van der Waals surface area contributed by atoms with E-state index in [0.717, 1.165) is 6.07 Å². The van der Waals surface area contributed by atoms with Crippen LogP contribution >= 0.6 is 0 Å². The molecular weight excluding hydrogens is 376 g/mol. The highest BCUT2D eigenvalue weighted by atomic mass is 32.2. The Morgan fingerprint density at radius 1 is 1.33 bits per heavy atom. The van der Waals surface area contributed by atoms with Crippen molar-refractivity contribution in [3.8, 4) is 0 Å². The van der Waals surface area contributed by atoms with Crippen LogP contribution in [-0.2, 0) is 14.8 Å². The van der Waals surface area contributed by atoms with E-state index < -0.39 is 20.9 Å². The molecule has 0 unspecified atom stereocenters. The van der Waals surface area contributed by atoms with Gasteiger partial charge in [0.15, 0.2) is 0 Å². The number of nitro benzene ring substituents is 1. The summed E-state index contributed by atoms with van der Waals surface area (Å²) in [6.45, 7) is 1.86. The molecule has 0 atom stereocenters. The third-order valence-electron chi connectivity index (χ3n) is 3.61. The van der Waals surface area contributed by atoms with Gasteiger partial charge in [-0.3, -0.25) is 14.8 Å². The average Bonchev–Trinajstić information content (AvgIpc) is 3.05. The first-order valence-electron chi connectivity index (χ1n) is 7.73. The topological polar surface area (TPSA) is 133 Å². The summed E-state index contributed by atoms with van der Waals surface area (Å²) in [5.41, 5.74) is 0.370. The first kappa shape index (κ1) is 18.3. The van der Waals surface area contributed by atoms with Crippen molar-refractivity contribution in [3.05, 3.63) is 64.5 Å². The van der Waals surface area contributed by atoms with Crippen LogP contribution in [0.5, 0.6) is 0 Å². The average molecular weight is 390 g/mol. The lowest BCUT2D eigenvalue weighted by molar-refractivity contribution is -0.385. The number of carbonyl (C=O) groups is 1. The number of rotatable bonds is 6. The van der Waals surface area contributed by atoms with E-state index in [4.69, 9.17) is 4.74 Å². The summed E-state index contributed by atoms with van der Waals surface area (Å²) in [5.74, 6) is -0.578. The van der Waals surface area contributed by atoms with Crippen molar-refractivity contribution in [2.75, 3.05) is 11.3 Å². The smallest absolute Gasteiger partial charge is 0.341 e. The van der Waals surface area contributed by atoms with Crippen LogP contribution in [0.2, 0.25) is 0 Å². The fourth-order valence-electron chi connectivity index (χ4n) is 2.39. The number of ether oxygens (including phenoxy) is 1. The molecular formula is C16H14N4O6S. The second kappa shape index (κ2) is 7.03. The number of pyridine rings is 1. The summed E-state index contributed by atoms with van der Waals surface area (Å²) < 4.78 is 33.7. The van der Waals surface area contributed by atoms with Crippen molar-refractivity contribution in [3.63, 3.8) is 0 Å². The zero-order valence-electron chi connectivity index (χ0n) is 14.0. The number of esters is 1. The van der Waals surface area contributed by atoms with Crippen LogP contribution in [0.15, 0.2) is 53.7 Å². The van der Waals surface area contributed by atoms with Gasteiger partial charge >= 0.3 is 5.97 Å². The largest absolute Gasteiger partial charge is 0.462 e. The summed E-state index contributed by atoms with van der Waals surface area (Å²) in [6.07, 6.45) is 2.80. The Morgan fingerprint density at radius 3 is 2.81 bits per heavy atom. The van der Waals surface area contributed by atoms with Gasteiger partial charge in [0.25, 0.3) is 15.7 Å². The summed E-state index contributed by atoms with van der Waals surface area (Å²) in [6, 6.07) is 7.56. The Balaban J connectivity index is 1.96. The van der Waals surface area contributed by atoms with E-state index in [1.165, 1.54) is 47.2 Å². The van der Waals surface area contributed by atoms with Gasteiger partial charge in [-0.1, -0.05) is 6.07 Å². The van der Waals surface area contributed by atoms with Gasteiger partial charge in [0.05, 0.1) is 33.8 Å². The molecule has 27 heavy (non-hydrogen) atoms. The monoisotopic (exact) mass is 390 g/mol. The molecule has 0 amide bonds. The van der Waals surface area contributed by atoms with Gasteiger partial charge in [0.1, 0.15) is 5.56 Å². The maximum atomic E-state index is 12.5. The van der Waals surface area contributed by atoms with E-state index in [-0.39, 0.29) is 28.4 Å². The second-order valence-electron chi connectivity index (χ2n) is 5.38. The van der Waals surface area contributed by atoms with Crippen molar-refractivity contribution < 1.29 is 22.9 Å². The first-order chi connectivity index (χ1) is 12.8. The molecule has 140 valence electrons. The van der Waals surface area contributed by atoms with Gasteiger partial charge in [-0.25, -0.2) is 17.7 Å². The summed E-state index contributed by atoms with van der Waals surface area (Å²) in [5, 5.41) is 14.9. The maximum absolute atomic E-state index is 12.5. The van der Waals surface area contributed by atoms with Crippen LogP contribution in [-0.4, -0.2) is 35.5 Å². The number of nitro groups is 1. The fraction of sp³-hybridized carbons (Fsp3) is 0.125. The number of benzene rings is 1. The van der Waals surface area contributed by atoms with Crippen LogP contribution in [0, 0.1) is 10.1 Å². The Morgan fingerprint density at radius 2 is 2.11 bits per heavy atom. The van der Waals surface area contributed by atoms with Crippen LogP contribution in [0.25, 0.3) is 5.52 Å². The predicted octanol–water partition coefficient (Wildman–Crippen LogP) is 2.22. The lowest BCUT2D eigenvalue weighted by Crippen LogP contribution is -2.13. The standard InChI is InChI=1S/C16H14N4O6S/c1-2-26-16(21)14-10-17-19-7-6-11(8-15(14)19)18-27(24,25)13-5-3-4-12(9-13)20(22)23/h3-10,18H,2H2,1H3. The van der Waals surface area contributed by atoms with E-state index in [1.54, 1.807) is 6.92 Å². The van der Waals surface area contributed by atoms with Crippen molar-refractivity contribution in [2.45, 2.75) is 11.8 Å². The normalized spacial score (nSPS) is 11.3. The summed E-state index contributed by atoms with van der Waals surface area (Å²) in [7, 11) is -4.06. The highest BCUT2D eigenvalue weighted by Crippen LogP contribution is 2.22. The number of hydrogen-bond donors (Lipinski definition) is 1. The molecule has 0 fully saturated rings. The molecule has 0 radical (unpaired) electrons. The minimum Gasteiger partial charge on any atom is -0.462 e. The van der Waals surface area contributed by atoms with Gasteiger partial charge in [0, 0.05) is 18.3 Å². The molecule has 3 aromatic rings. The van der Waals surface area contributed by atoms with Crippen LogP contribution in [0.1, 0.15) is 17.3 Å². The number of non-ortho nitro benzene ring substituents is 1.